The van der Waals surface area contributed by atoms with Crippen LogP contribution in [0.5, 0.6) is 5.75 Å². The van der Waals surface area contributed by atoms with Gasteiger partial charge in [0.15, 0.2) is 0 Å². The Morgan fingerprint density at radius 2 is 2.33 bits per heavy atom. The first-order chi connectivity index (χ1) is 7.00. The maximum atomic E-state index is 12.7. The van der Waals surface area contributed by atoms with Crippen molar-refractivity contribution in [3.8, 4) is 5.75 Å². The Morgan fingerprint density at radius 3 is 2.87 bits per heavy atom. The van der Waals surface area contributed by atoms with Crippen molar-refractivity contribution in [2.75, 3.05) is 6.61 Å². The quantitative estimate of drug-likeness (QED) is 0.915. The van der Waals surface area contributed by atoms with Crippen LogP contribution in [-0.4, -0.2) is 12.5 Å². The van der Waals surface area contributed by atoms with E-state index in [9.17, 15) is 9.18 Å². The van der Waals surface area contributed by atoms with E-state index < -0.39 is 5.91 Å². The highest BCUT2D eigenvalue weighted by Gasteiger charge is 2.10. The predicted molar refractivity (Wildman–Crippen MR) is 58.0 cm³/mol. The normalized spacial score (nSPS) is 12.2. The van der Waals surface area contributed by atoms with Crippen LogP contribution in [0, 0.1) is 11.7 Å². The van der Waals surface area contributed by atoms with Gasteiger partial charge in [0, 0.05) is 0 Å². The van der Waals surface area contributed by atoms with Gasteiger partial charge in [-0.05, 0) is 34.1 Å². The van der Waals surface area contributed by atoms with E-state index >= 15 is 0 Å². The van der Waals surface area contributed by atoms with E-state index in [1.807, 2.05) is 0 Å². The molecule has 1 rings (SSSR count). The summed E-state index contributed by atoms with van der Waals surface area (Å²) >= 11 is 3.15. The first-order valence-electron chi connectivity index (χ1n) is 4.38. The minimum absolute atomic E-state index is 0.180. The molecule has 0 heterocycles. The molecule has 0 fully saturated rings. The SMILES string of the molecule is CC(COc1ccc(F)cc1Br)C(N)=O. The lowest BCUT2D eigenvalue weighted by molar-refractivity contribution is -0.122. The van der Waals surface area contributed by atoms with Crippen LogP contribution in [-0.2, 0) is 4.79 Å². The lowest BCUT2D eigenvalue weighted by Gasteiger charge is -2.11. The van der Waals surface area contributed by atoms with Crippen LogP contribution >= 0.6 is 15.9 Å². The van der Waals surface area contributed by atoms with Crippen molar-refractivity contribution in [2.45, 2.75) is 6.92 Å². The first kappa shape index (κ1) is 12.0. The summed E-state index contributed by atoms with van der Waals surface area (Å²) in [4.78, 5) is 10.7. The molecule has 0 aliphatic heterocycles. The molecule has 15 heavy (non-hydrogen) atoms. The minimum Gasteiger partial charge on any atom is -0.492 e. The van der Waals surface area contributed by atoms with Gasteiger partial charge in [-0.1, -0.05) is 6.92 Å². The monoisotopic (exact) mass is 275 g/mol. The molecule has 0 saturated carbocycles. The summed E-state index contributed by atoms with van der Waals surface area (Å²) in [7, 11) is 0. The number of halogens is 2. The number of amides is 1. The number of rotatable bonds is 4. The van der Waals surface area contributed by atoms with E-state index in [1.165, 1.54) is 18.2 Å². The third kappa shape index (κ3) is 3.51. The Morgan fingerprint density at radius 1 is 1.67 bits per heavy atom. The second-order valence-corrected chi connectivity index (χ2v) is 4.04. The number of carbonyl (C=O) groups excluding carboxylic acids is 1. The second-order valence-electron chi connectivity index (χ2n) is 3.19. The van der Waals surface area contributed by atoms with Crippen molar-refractivity contribution < 1.29 is 13.9 Å². The fourth-order valence-electron chi connectivity index (χ4n) is 0.889. The maximum absolute atomic E-state index is 12.7. The van der Waals surface area contributed by atoms with E-state index in [-0.39, 0.29) is 18.3 Å². The van der Waals surface area contributed by atoms with Gasteiger partial charge in [-0.3, -0.25) is 4.79 Å². The van der Waals surface area contributed by atoms with Gasteiger partial charge in [0.25, 0.3) is 0 Å². The maximum Gasteiger partial charge on any atom is 0.223 e. The molecule has 0 aromatic heterocycles. The smallest absolute Gasteiger partial charge is 0.223 e. The van der Waals surface area contributed by atoms with Crippen LogP contribution in [0.15, 0.2) is 22.7 Å². The Bertz CT molecular complexity index is 370. The predicted octanol–water partition coefficient (Wildman–Crippen LogP) is 2.09. The summed E-state index contributed by atoms with van der Waals surface area (Å²) < 4.78 is 18.5. The molecule has 0 aliphatic carbocycles. The minimum atomic E-state index is -0.423. The summed E-state index contributed by atoms with van der Waals surface area (Å²) in [5, 5.41) is 0. The lowest BCUT2D eigenvalue weighted by Crippen LogP contribution is -2.25. The molecule has 0 aliphatic rings. The number of nitrogens with two attached hydrogens (primary N) is 1. The van der Waals surface area contributed by atoms with E-state index in [1.54, 1.807) is 6.92 Å². The van der Waals surface area contributed by atoms with Crippen LogP contribution in [0.4, 0.5) is 4.39 Å². The van der Waals surface area contributed by atoms with Crippen molar-refractivity contribution in [2.24, 2.45) is 11.7 Å². The highest BCUT2D eigenvalue weighted by Crippen LogP contribution is 2.25. The first-order valence-corrected chi connectivity index (χ1v) is 5.17. The van der Waals surface area contributed by atoms with Gasteiger partial charge >= 0.3 is 0 Å². The molecule has 0 radical (unpaired) electrons. The average Bonchev–Trinajstić information content (AvgIpc) is 2.15. The molecule has 5 heteroatoms. The molecule has 1 aromatic carbocycles. The highest BCUT2D eigenvalue weighted by molar-refractivity contribution is 9.10. The van der Waals surface area contributed by atoms with Gasteiger partial charge < -0.3 is 10.5 Å². The zero-order valence-electron chi connectivity index (χ0n) is 8.17. The third-order valence-corrected chi connectivity index (χ3v) is 2.49. The molecule has 0 spiro atoms. The fraction of sp³-hybridized carbons (Fsp3) is 0.300. The Kier molecular flexibility index (Phi) is 4.08. The molecule has 0 saturated heterocycles. The zero-order chi connectivity index (χ0) is 11.4. The Hall–Kier alpha value is -1.10. The molecule has 3 nitrogen and oxygen atoms in total. The average molecular weight is 276 g/mol. The molecular formula is C10H11BrFNO2. The van der Waals surface area contributed by atoms with Gasteiger partial charge in [-0.15, -0.1) is 0 Å². The molecule has 1 amide bonds. The van der Waals surface area contributed by atoms with Gasteiger partial charge in [0.2, 0.25) is 5.91 Å². The topological polar surface area (TPSA) is 52.3 Å². The fourth-order valence-corrected chi connectivity index (χ4v) is 1.35. The molecule has 0 bridgehead atoms. The molecular weight excluding hydrogens is 265 g/mol. The molecule has 1 unspecified atom stereocenters. The molecule has 1 aromatic rings. The van der Waals surface area contributed by atoms with E-state index in [4.69, 9.17) is 10.5 Å². The van der Waals surface area contributed by atoms with E-state index in [2.05, 4.69) is 15.9 Å². The number of benzene rings is 1. The summed E-state index contributed by atoms with van der Waals surface area (Å²) in [5.74, 6) is -0.656. The lowest BCUT2D eigenvalue weighted by atomic mass is 10.2. The zero-order valence-corrected chi connectivity index (χ0v) is 9.75. The van der Waals surface area contributed by atoms with Crippen LogP contribution < -0.4 is 10.5 Å². The summed E-state index contributed by atoms with van der Waals surface area (Å²) in [6.07, 6.45) is 0. The summed E-state index contributed by atoms with van der Waals surface area (Å²) in [5.41, 5.74) is 5.07. The van der Waals surface area contributed by atoms with E-state index in [0.29, 0.717) is 10.2 Å². The number of hydrogen-bond acceptors (Lipinski definition) is 2. The standard InChI is InChI=1S/C10H11BrFNO2/c1-6(10(13)14)5-15-9-3-2-7(12)4-8(9)11/h2-4,6H,5H2,1H3,(H2,13,14). The van der Waals surface area contributed by atoms with Gasteiger partial charge in [-0.25, -0.2) is 4.39 Å². The Labute approximate surface area is 95.5 Å². The molecule has 2 N–H and O–H groups in total. The summed E-state index contributed by atoms with van der Waals surface area (Å²) in [6, 6.07) is 4.08. The van der Waals surface area contributed by atoms with E-state index in [0.717, 1.165) is 0 Å². The third-order valence-electron chi connectivity index (χ3n) is 1.87. The van der Waals surface area contributed by atoms with Crippen molar-refractivity contribution in [1.82, 2.24) is 0 Å². The van der Waals surface area contributed by atoms with Crippen LogP contribution in [0.1, 0.15) is 6.92 Å². The van der Waals surface area contributed by atoms with Gasteiger partial charge in [0.1, 0.15) is 11.6 Å². The van der Waals surface area contributed by atoms with Crippen LogP contribution in [0.3, 0.4) is 0 Å². The summed E-state index contributed by atoms with van der Waals surface area (Å²) in [6.45, 7) is 1.85. The number of carbonyl (C=O) groups is 1. The van der Waals surface area contributed by atoms with Crippen molar-refractivity contribution in [3.63, 3.8) is 0 Å². The second kappa shape index (κ2) is 5.11. The number of primary amides is 1. The Balaban J connectivity index is 2.62. The van der Waals surface area contributed by atoms with Crippen molar-refractivity contribution in [1.29, 1.82) is 0 Å². The van der Waals surface area contributed by atoms with Gasteiger partial charge in [0.05, 0.1) is 17.0 Å². The van der Waals surface area contributed by atoms with Crippen molar-refractivity contribution in [3.05, 3.63) is 28.5 Å². The molecule has 1 atom stereocenters. The van der Waals surface area contributed by atoms with Gasteiger partial charge in [-0.2, -0.15) is 0 Å². The van der Waals surface area contributed by atoms with Crippen LogP contribution in [0.25, 0.3) is 0 Å². The van der Waals surface area contributed by atoms with Crippen molar-refractivity contribution >= 4 is 21.8 Å². The number of hydrogen-bond donors (Lipinski definition) is 1. The highest BCUT2D eigenvalue weighted by atomic mass is 79.9. The number of ether oxygens (including phenoxy) is 1. The largest absolute Gasteiger partial charge is 0.492 e. The molecule has 82 valence electrons. The van der Waals surface area contributed by atoms with Crippen LogP contribution in [0.2, 0.25) is 0 Å².